The Kier molecular flexibility index (Phi) is 13.5. The van der Waals surface area contributed by atoms with E-state index >= 15 is 0 Å². The highest BCUT2D eigenvalue weighted by Crippen LogP contribution is 2.42. The molecule has 2 aliphatic heterocycles. The summed E-state index contributed by atoms with van der Waals surface area (Å²) in [4.78, 5) is 39.3. The molecule has 2 aliphatic rings. The number of Topliss-reactive ketones (excluding diaryl/α,β-unsaturated/α-hetero) is 1. The van der Waals surface area contributed by atoms with Gasteiger partial charge in [0.15, 0.2) is 11.6 Å². The number of aryl methyl sites for hydroxylation is 3. The number of halogens is 2. The van der Waals surface area contributed by atoms with Gasteiger partial charge in [0.2, 0.25) is 0 Å². The highest BCUT2D eigenvalue weighted by Gasteiger charge is 2.35. The Morgan fingerprint density at radius 3 is 1.75 bits per heavy atom. The van der Waals surface area contributed by atoms with Crippen LogP contribution in [-0.2, 0) is 30.4 Å². The maximum absolute atomic E-state index is 13.5. The third kappa shape index (κ3) is 9.56. The highest BCUT2D eigenvalue weighted by atomic mass is 35.5. The van der Waals surface area contributed by atoms with E-state index in [0.717, 1.165) is 65.5 Å². The van der Waals surface area contributed by atoms with Gasteiger partial charge in [0.25, 0.3) is 0 Å². The van der Waals surface area contributed by atoms with Crippen molar-refractivity contribution in [3.8, 4) is 10.0 Å². The van der Waals surface area contributed by atoms with E-state index in [-0.39, 0.29) is 24.6 Å². The summed E-state index contributed by atoms with van der Waals surface area (Å²) < 4.78 is 21.9. The molecule has 334 valence electrons. The number of thiophene rings is 2. The minimum atomic E-state index is -0.643. The summed E-state index contributed by atoms with van der Waals surface area (Å²) in [5, 5.41) is 21.1. The molecule has 6 heterocycles. The summed E-state index contributed by atoms with van der Waals surface area (Å²) in [6.07, 6.45) is 1.11. The fourth-order valence-electron chi connectivity index (χ4n) is 7.95. The Hall–Kier alpha value is -4.90. The topological polar surface area (TPSA) is 148 Å². The number of nitrogens with zero attached hydrogens (tertiary/aromatic N) is 8. The van der Waals surface area contributed by atoms with E-state index in [2.05, 4.69) is 45.7 Å². The van der Waals surface area contributed by atoms with Gasteiger partial charge in [-0.2, -0.15) is 0 Å². The lowest BCUT2D eigenvalue weighted by molar-refractivity contribution is -0.155. The van der Waals surface area contributed by atoms with E-state index < -0.39 is 17.7 Å². The van der Waals surface area contributed by atoms with Gasteiger partial charge in [-0.3, -0.25) is 28.7 Å². The zero-order chi connectivity index (χ0) is 45.4. The number of esters is 1. The Morgan fingerprint density at radius 2 is 1.19 bits per heavy atom. The molecule has 4 aromatic heterocycles. The van der Waals surface area contributed by atoms with Crippen LogP contribution < -0.4 is 0 Å². The third-order valence-corrected chi connectivity index (χ3v) is 14.1. The standard InChI is InChI=1S/C47H50Cl2N8O5S2/c1-25-27(3)63-45-39(25)41(30-11-15-32(48)16-12-30)50-35(43-54-52-28(4)56(43)45)22-34(58)10-9-19-60-20-21-61-24-37-26(2)40-42(31-13-17-33(49)18-14-31)51-36(23-38(59)62-47(6,7)8)44-55-53-29(5)57(44)46(40)64-37/h11-18,35-36H,9-10,19-24H2,1-8H3. The third-order valence-electron chi connectivity index (χ3n) is 11.1. The maximum atomic E-state index is 13.5. The Labute approximate surface area is 390 Å². The van der Waals surface area contributed by atoms with E-state index in [9.17, 15) is 9.59 Å². The van der Waals surface area contributed by atoms with Crippen LogP contribution in [-0.4, -0.2) is 78.1 Å². The van der Waals surface area contributed by atoms with Crippen molar-refractivity contribution in [3.63, 3.8) is 0 Å². The molecule has 13 nitrogen and oxygen atoms in total. The number of rotatable bonds is 15. The van der Waals surface area contributed by atoms with Crippen LogP contribution in [0.5, 0.6) is 0 Å². The molecule has 0 saturated heterocycles. The Bertz CT molecular complexity index is 2780. The normalized spacial score (nSPS) is 15.7. The molecular formula is C47H50Cl2N8O5S2. The molecule has 0 N–H and O–H groups in total. The zero-order valence-electron chi connectivity index (χ0n) is 37.1. The number of ketones is 1. The van der Waals surface area contributed by atoms with Gasteiger partial charge < -0.3 is 14.2 Å². The smallest absolute Gasteiger partial charge is 0.308 e. The molecule has 64 heavy (non-hydrogen) atoms. The molecule has 8 rings (SSSR count). The number of aromatic nitrogens is 6. The van der Waals surface area contributed by atoms with Crippen molar-refractivity contribution in [3.05, 3.63) is 125 Å². The SMILES string of the molecule is Cc1sc2c(c1C)C(c1ccc(Cl)cc1)=NC(CC(=O)CCCOCCOCc1sc3c(c1C)C(c1ccc(Cl)cc1)=NC(CC(=O)OC(C)(C)C)c1nnc(C)n1-3)c1nnc(C)n1-2. The van der Waals surface area contributed by atoms with E-state index in [4.69, 9.17) is 47.4 Å². The van der Waals surface area contributed by atoms with Gasteiger partial charge in [0.05, 0.1) is 37.7 Å². The first-order valence-electron chi connectivity index (χ1n) is 21.2. The van der Waals surface area contributed by atoms with Gasteiger partial charge in [-0.25, -0.2) is 0 Å². The predicted octanol–water partition coefficient (Wildman–Crippen LogP) is 10.3. The fraction of sp³-hybridized carbons (Fsp3) is 0.404. The fourth-order valence-corrected chi connectivity index (χ4v) is 10.7. The van der Waals surface area contributed by atoms with Crippen molar-refractivity contribution in [2.45, 2.75) is 105 Å². The van der Waals surface area contributed by atoms with Crippen LogP contribution in [0.4, 0.5) is 0 Å². The average molecular weight is 942 g/mol. The van der Waals surface area contributed by atoms with Crippen LogP contribution in [0.15, 0.2) is 58.5 Å². The van der Waals surface area contributed by atoms with Crippen LogP contribution in [0, 0.1) is 34.6 Å². The number of fused-ring (bicyclic) bond motifs is 6. The monoisotopic (exact) mass is 940 g/mol. The molecular weight excluding hydrogens is 892 g/mol. The number of benzene rings is 2. The van der Waals surface area contributed by atoms with Gasteiger partial charge >= 0.3 is 5.97 Å². The van der Waals surface area contributed by atoms with Crippen LogP contribution in [0.1, 0.15) is 125 Å². The molecule has 6 aromatic rings. The summed E-state index contributed by atoms with van der Waals surface area (Å²) in [7, 11) is 0. The first-order valence-corrected chi connectivity index (χ1v) is 23.6. The second-order valence-corrected chi connectivity index (χ2v) is 20.1. The van der Waals surface area contributed by atoms with Gasteiger partial charge in [0.1, 0.15) is 45.1 Å². The molecule has 0 fully saturated rings. The van der Waals surface area contributed by atoms with E-state index in [1.807, 2.05) is 87.7 Å². The summed E-state index contributed by atoms with van der Waals surface area (Å²) in [5.74, 6) is 2.38. The second-order valence-electron chi connectivity index (χ2n) is 17.0. The quantitative estimate of drug-likeness (QED) is 0.0725. The van der Waals surface area contributed by atoms with Crippen molar-refractivity contribution >= 4 is 69.1 Å². The maximum Gasteiger partial charge on any atom is 0.308 e. The molecule has 0 bridgehead atoms. The van der Waals surface area contributed by atoms with Gasteiger partial charge in [-0.15, -0.1) is 43.1 Å². The number of hydrogen-bond donors (Lipinski definition) is 0. The number of carbonyl (C=O) groups excluding carboxylic acids is 2. The molecule has 2 atom stereocenters. The van der Waals surface area contributed by atoms with Crippen molar-refractivity contribution in [1.82, 2.24) is 29.5 Å². The highest BCUT2D eigenvalue weighted by molar-refractivity contribution is 7.15. The summed E-state index contributed by atoms with van der Waals surface area (Å²) in [6, 6.07) is 14.1. The van der Waals surface area contributed by atoms with Gasteiger partial charge in [-0.1, -0.05) is 47.5 Å². The first-order chi connectivity index (χ1) is 30.6. The lowest BCUT2D eigenvalue weighted by Gasteiger charge is -2.21. The summed E-state index contributed by atoms with van der Waals surface area (Å²) in [5.41, 5.74) is 6.82. The average Bonchev–Trinajstić information content (AvgIpc) is 3.94. The van der Waals surface area contributed by atoms with Gasteiger partial charge in [0, 0.05) is 61.5 Å². The van der Waals surface area contributed by atoms with Crippen LogP contribution in [0.3, 0.4) is 0 Å². The second kappa shape index (κ2) is 18.9. The molecule has 2 aromatic carbocycles. The van der Waals surface area contributed by atoms with Gasteiger partial charge in [-0.05, 0) is 97.2 Å². The van der Waals surface area contributed by atoms with Crippen LogP contribution in [0.2, 0.25) is 10.0 Å². The molecule has 0 radical (unpaired) electrons. The predicted molar refractivity (Wildman–Crippen MR) is 252 cm³/mol. The van der Waals surface area contributed by atoms with Crippen molar-refractivity contribution in [1.29, 1.82) is 0 Å². The van der Waals surface area contributed by atoms with E-state index in [1.165, 1.54) is 4.88 Å². The Morgan fingerprint density at radius 1 is 0.672 bits per heavy atom. The summed E-state index contributed by atoms with van der Waals surface area (Å²) in [6.45, 7) is 17.2. The van der Waals surface area contributed by atoms with Crippen LogP contribution in [0.25, 0.3) is 10.0 Å². The van der Waals surface area contributed by atoms with Crippen molar-refractivity contribution in [2.75, 3.05) is 19.8 Å². The minimum absolute atomic E-state index is 0.00530. The molecule has 0 saturated carbocycles. The number of hydrogen-bond acceptors (Lipinski definition) is 13. The zero-order valence-corrected chi connectivity index (χ0v) is 40.3. The number of aliphatic imine (C=N–C) groups is 2. The van der Waals surface area contributed by atoms with E-state index in [0.29, 0.717) is 66.8 Å². The molecule has 2 unspecified atom stereocenters. The largest absolute Gasteiger partial charge is 0.460 e. The molecule has 0 amide bonds. The van der Waals surface area contributed by atoms with Crippen molar-refractivity contribution < 1.29 is 23.8 Å². The minimum Gasteiger partial charge on any atom is -0.460 e. The van der Waals surface area contributed by atoms with Crippen molar-refractivity contribution in [2.24, 2.45) is 9.98 Å². The number of carbonyl (C=O) groups is 2. The first kappa shape index (κ1) is 45.7. The molecule has 0 aliphatic carbocycles. The summed E-state index contributed by atoms with van der Waals surface area (Å²) >= 11 is 15.8. The molecule has 0 spiro atoms. The lowest BCUT2D eigenvalue weighted by atomic mass is 9.99. The van der Waals surface area contributed by atoms with E-state index in [1.54, 1.807) is 22.7 Å². The molecule has 17 heteroatoms. The number of ether oxygens (including phenoxy) is 3. The Balaban J connectivity index is 0.898. The lowest BCUT2D eigenvalue weighted by Crippen LogP contribution is -2.25. The van der Waals surface area contributed by atoms with Crippen LogP contribution >= 0.6 is 45.9 Å².